The van der Waals surface area contributed by atoms with E-state index in [1.54, 1.807) is 14.0 Å². The molecule has 0 atom stereocenters. The van der Waals surface area contributed by atoms with Crippen molar-refractivity contribution < 1.29 is 14.3 Å². The van der Waals surface area contributed by atoms with Crippen LogP contribution in [0.25, 0.3) is 10.2 Å². The molecule has 0 bridgehead atoms. The summed E-state index contributed by atoms with van der Waals surface area (Å²) in [5.74, 6) is 1.15. The van der Waals surface area contributed by atoms with Crippen LogP contribution in [0, 0.1) is 13.8 Å². The molecule has 0 aliphatic heterocycles. The zero-order chi connectivity index (χ0) is 16.1. The normalized spacial score (nSPS) is 10.9. The van der Waals surface area contributed by atoms with Gasteiger partial charge in [-0.2, -0.15) is 0 Å². The Morgan fingerprint density at radius 2 is 2.09 bits per heavy atom. The lowest BCUT2D eigenvalue weighted by molar-refractivity contribution is 0.0531. The van der Waals surface area contributed by atoms with Crippen LogP contribution in [0.2, 0.25) is 0 Å². The number of carbonyl (C=O) groups is 1. The zero-order valence-corrected chi connectivity index (χ0v) is 14.2. The number of aromatic nitrogens is 2. The highest BCUT2D eigenvalue weighted by Gasteiger charge is 2.20. The lowest BCUT2D eigenvalue weighted by atomic mass is 10.2. The summed E-state index contributed by atoms with van der Waals surface area (Å²) >= 11 is 1.35. The number of aryl methyl sites for hydroxylation is 2. The lowest BCUT2D eigenvalue weighted by Crippen LogP contribution is -2.08. The van der Waals surface area contributed by atoms with E-state index in [0.29, 0.717) is 23.9 Å². The molecule has 0 saturated heterocycles. The summed E-state index contributed by atoms with van der Waals surface area (Å²) < 4.78 is 10.2. The van der Waals surface area contributed by atoms with E-state index in [2.05, 4.69) is 15.3 Å². The molecule has 1 N–H and O–H groups in total. The van der Waals surface area contributed by atoms with Crippen LogP contribution in [-0.2, 0) is 9.47 Å². The van der Waals surface area contributed by atoms with Gasteiger partial charge in [-0.05, 0) is 32.8 Å². The van der Waals surface area contributed by atoms with Crippen LogP contribution in [0.3, 0.4) is 0 Å². The van der Waals surface area contributed by atoms with E-state index in [4.69, 9.17) is 9.47 Å². The van der Waals surface area contributed by atoms with Crippen molar-refractivity contribution in [1.29, 1.82) is 0 Å². The smallest absolute Gasteiger partial charge is 0.348 e. The standard InChI is InChI=1S/C15H21N3O3S/c1-5-21-15(19)12-9(2)11-13(16-7-6-8-20-4)17-10(3)18-14(11)22-12/h5-8H2,1-4H3,(H,16,17,18). The fourth-order valence-corrected chi connectivity index (χ4v) is 3.31. The molecule has 0 radical (unpaired) electrons. The summed E-state index contributed by atoms with van der Waals surface area (Å²) in [5.41, 5.74) is 0.868. The molecular weight excluding hydrogens is 302 g/mol. The first kappa shape index (κ1) is 16.6. The third kappa shape index (κ3) is 3.53. The quantitative estimate of drug-likeness (QED) is 0.624. The highest BCUT2D eigenvalue weighted by molar-refractivity contribution is 7.20. The highest BCUT2D eigenvalue weighted by atomic mass is 32.1. The number of ether oxygens (including phenoxy) is 2. The molecule has 0 spiro atoms. The highest BCUT2D eigenvalue weighted by Crippen LogP contribution is 2.34. The predicted molar refractivity (Wildman–Crippen MR) is 87.8 cm³/mol. The van der Waals surface area contributed by atoms with Crippen molar-refractivity contribution in [3.8, 4) is 0 Å². The minimum Gasteiger partial charge on any atom is -0.462 e. The van der Waals surface area contributed by atoms with Crippen LogP contribution in [-0.4, -0.2) is 42.8 Å². The van der Waals surface area contributed by atoms with Crippen LogP contribution < -0.4 is 5.32 Å². The third-order valence-electron chi connectivity index (χ3n) is 3.18. The molecule has 2 aromatic rings. The number of fused-ring (bicyclic) bond motifs is 1. The maximum Gasteiger partial charge on any atom is 0.348 e. The number of anilines is 1. The fraction of sp³-hybridized carbons (Fsp3) is 0.533. The van der Waals surface area contributed by atoms with Crippen molar-refractivity contribution in [3.05, 3.63) is 16.3 Å². The van der Waals surface area contributed by atoms with Crippen molar-refractivity contribution in [2.24, 2.45) is 0 Å². The van der Waals surface area contributed by atoms with Gasteiger partial charge in [-0.25, -0.2) is 14.8 Å². The average molecular weight is 323 g/mol. The van der Waals surface area contributed by atoms with Crippen LogP contribution in [0.15, 0.2) is 0 Å². The van der Waals surface area contributed by atoms with Crippen molar-refractivity contribution in [2.75, 3.05) is 32.2 Å². The zero-order valence-electron chi connectivity index (χ0n) is 13.4. The second-order valence-electron chi connectivity index (χ2n) is 4.85. The first-order valence-corrected chi connectivity index (χ1v) is 8.07. The summed E-state index contributed by atoms with van der Waals surface area (Å²) in [5, 5.41) is 4.21. The number of hydrogen-bond acceptors (Lipinski definition) is 7. The van der Waals surface area contributed by atoms with Gasteiger partial charge >= 0.3 is 5.97 Å². The molecule has 120 valence electrons. The van der Waals surface area contributed by atoms with Gasteiger partial charge in [-0.3, -0.25) is 0 Å². The van der Waals surface area contributed by atoms with Crippen LogP contribution in [0.1, 0.15) is 34.4 Å². The monoisotopic (exact) mass is 323 g/mol. The molecule has 2 aromatic heterocycles. The summed E-state index contributed by atoms with van der Waals surface area (Å²) in [6.45, 7) is 7.36. The minimum atomic E-state index is -0.300. The largest absolute Gasteiger partial charge is 0.462 e. The Kier molecular flexibility index (Phi) is 5.68. The molecule has 0 saturated carbocycles. The summed E-state index contributed by atoms with van der Waals surface area (Å²) in [6.07, 6.45) is 0.884. The van der Waals surface area contributed by atoms with Crippen molar-refractivity contribution in [3.63, 3.8) is 0 Å². The summed E-state index contributed by atoms with van der Waals surface area (Å²) in [6, 6.07) is 0. The van der Waals surface area contributed by atoms with Crippen molar-refractivity contribution in [1.82, 2.24) is 9.97 Å². The van der Waals surface area contributed by atoms with Gasteiger partial charge in [0.25, 0.3) is 0 Å². The first-order valence-electron chi connectivity index (χ1n) is 7.26. The van der Waals surface area contributed by atoms with Gasteiger partial charge in [0.15, 0.2) is 0 Å². The molecule has 2 heterocycles. The van der Waals surface area contributed by atoms with Gasteiger partial charge in [-0.15, -0.1) is 11.3 Å². The SMILES string of the molecule is CCOC(=O)c1sc2nc(C)nc(NCCCOC)c2c1C. The van der Waals surface area contributed by atoms with Crippen LogP contribution in [0.5, 0.6) is 0 Å². The Balaban J connectivity index is 2.37. The summed E-state index contributed by atoms with van der Waals surface area (Å²) in [4.78, 5) is 22.3. The van der Waals surface area contributed by atoms with E-state index in [0.717, 1.165) is 34.6 Å². The topological polar surface area (TPSA) is 73.3 Å². The Morgan fingerprint density at radius 1 is 1.32 bits per heavy atom. The van der Waals surface area contributed by atoms with Gasteiger partial charge < -0.3 is 14.8 Å². The van der Waals surface area contributed by atoms with E-state index >= 15 is 0 Å². The van der Waals surface area contributed by atoms with Gasteiger partial charge in [0, 0.05) is 20.3 Å². The van der Waals surface area contributed by atoms with Gasteiger partial charge in [0.2, 0.25) is 0 Å². The number of thiophene rings is 1. The molecule has 0 amide bonds. The van der Waals surface area contributed by atoms with E-state index < -0.39 is 0 Å². The number of nitrogens with one attached hydrogen (secondary N) is 1. The second kappa shape index (κ2) is 7.51. The molecule has 0 unspecified atom stereocenters. The molecule has 0 fully saturated rings. The van der Waals surface area contributed by atoms with E-state index in [1.165, 1.54) is 11.3 Å². The van der Waals surface area contributed by atoms with Crippen LogP contribution >= 0.6 is 11.3 Å². The predicted octanol–water partition coefficient (Wildman–Crippen LogP) is 2.93. The molecule has 6 nitrogen and oxygen atoms in total. The number of rotatable bonds is 7. The Morgan fingerprint density at radius 3 is 2.77 bits per heavy atom. The Bertz CT molecular complexity index is 670. The van der Waals surface area contributed by atoms with E-state index in [9.17, 15) is 4.79 Å². The summed E-state index contributed by atoms with van der Waals surface area (Å²) in [7, 11) is 1.68. The first-order chi connectivity index (χ1) is 10.6. The van der Waals surface area contributed by atoms with E-state index in [-0.39, 0.29) is 5.97 Å². The molecule has 2 rings (SSSR count). The van der Waals surface area contributed by atoms with Gasteiger partial charge in [-0.1, -0.05) is 0 Å². The Labute approximate surface area is 133 Å². The molecule has 22 heavy (non-hydrogen) atoms. The average Bonchev–Trinajstić information content (AvgIpc) is 2.80. The van der Waals surface area contributed by atoms with E-state index in [1.807, 2.05) is 13.8 Å². The fourth-order valence-electron chi connectivity index (χ4n) is 2.19. The van der Waals surface area contributed by atoms with Crippen LogP contribution in [0.4, 0.5) is 5.82 Å². The van der Waals surface area contributed by atoms with Gasteiger partial charge in [0.05, 0.1) is 12.0 Å². The number of carbonyl (C=O) groups excluding carboxylic acids is 1. The molecule has 0 aliphatic rings. The van der Waals surface area contributed by atoms with Gasteiger partial charge in [0.1, 0.15) is 21.3 Å². The number of esters is 1. The molecule has 0 aromatic carbocycles. The Hall–Kier alpha value is -1.73. The maximum absolute atomic E-state index is 12.0. The lowest BCUT2D eigenvalue weighted by Gasteiger charge is -2.08. The molecular formula is C15H21N3O3S. The number of hydrogen-bond donors (Lipinski definition) is 1. The third-order valence-corrected chi connectivity index (χ3v) is 4.35. The van der Waals surface area contributed by atoms with Crippen molar-refractivity contribution in [2.45, 2.75) is 27.2 Å². The second-order valence-corrected chi connectivity index (χ2v) is 5.85. The van der Waals surface area contributed by atoms with Crippen molar-refractivity contribution >= 4 is 33.3 Å². The number of nitrogens with zero attached hydrogens (tertiary/aromatic N) is 2. The number of methoxy groups -OCH3 is 1. The maximum atomic E-state index is 12.0. The molecule has 0 aliphatic carbocycles. The molecule has 7 heteroatoms. The minimum absolute atomic E-state index is 0.300.